The Balaban J connectivity index is 2.02. The molecule has 0 fully saturated rings. The fourth-order valence-electron chi connectivity index (χ4n) is 3.77. The maximum absolute atomic E-state index is 13.8. The van der Waals surface area contributed by atoms with E-state index in [1.54, 1.807) is 64.2 Å². The Morgan fingerprint density at radius 1 is 1.03 bits per heavy atom. The molecule has 0 spiro atoms. The van der Waals surface area contributed by atoms with Gasteiger partial charge >= 0.3 is 0 Å². The highest BCUT2D eigenvalue weighted by molar-refractivity contribution is 6.20. The van der Waals surface area contributed by atoms with E-state index >= 15 is 0 Å². The Labute approximate surface area is 217 Å². The van der Waals surface area contributed by atoms with Gasteiger partial charge in [-0.3, -0.25) is 24.2 Å². The molecule has 1 unspecified atom stereocenters. The molecule has 1 aromatic heterocycles. The van der Waals surface area contributed by atoms with E-state index < -0.39 is 29.4 Å². The van der Waals surface area contributed by atoms with E-state index in [1.807, 2.05) is 26.0 Å². The number of benzodiazepines with no additional fused rings is 1. The highest BCUT2D eigenvalue weighted by atomic mass is 16.2. The summed E-state index contributed by atoms with van der Waals surface area (Å²) < 4.78 is 0. The van der Waals surface area contributed by atoms with Crippen LogP contribution in [0.1, 0.15) is 59.2 Å². The lowest BCUT2D eigenvalue weighted by Crippen LogP contribution is -2.54. The first-order valence-electron chi connectivity index (χ1n) is 12.4. The maximum atomic E-state index is 13.8. The molecule has 3 rings (SSSR count). The lowest BCUT2D eigenvalue weighted by atomic mass is 9.90. The van der Waals surface area contributed by atoms with Crippen LogP contribution in [0, 0.1) is 11.3 Å². The van der Waals surface area contributed by atoms with Gasteiger partial charge in [-0.2, -0.15) is 0 Å². The Bertz CT molecular complexity index is 1200. The molecule has 2 heterocycles. The number of nitrogens with zero attached hydrogens (tertiary/aromatic N) is 3. The summed E-state index contributed by atoms with van der Waals surface area (Å²) in [4.78, 5) is 62.5. The summed E-state index contributed by atoms with van der Waals surface area (Å²) >= 11 is 0. The first kappa shape index (κ1) is 27.7. The van der Waals surface area contributed by atoms with Gasteiger partial charge in [0.2, 0.25) is 18.0 Å². The Hall–Kier alpha value is -3.88. The van der Waals surface area contributed by atoms with Crippen LogP contribution in [0.3, 0.4) is 0 Å². The number of pyridine rings is 1. The first-order chi connectivity index (χ1) is 17.4. The Kier molecular flexibility index (Phi) is 8.57. The Morgan fingerprint density at radius 2 is 1.70 bits per heavy atom. The first-order valence-corrected chi connectivity index (χ1v) is 12.4. The third-order valence-electron chi connectivity index (χ3n) is 5.90. The highest BCUT2D eigenvalue weighted by Crippen LogP contribution is 2.29. The van der Waals surface area contributed by atoms with Crippen molar-refractivity contribution < 1.29 is 19.2 Å². The summed E-state index contributed by atoms with van der Waals surface area (Å²) in [5.74, 6) is -1.38. The van der Waals surface area contributed by atoms with E-state index in [2.05, 4.69) is 20.6 Å². The van der Waals surface area contributed by atoms with Crippen molar-refractivity contribution in [3.8, 4) is 0 Å². The number of benzene rings is 1. The largest absolute Gasteiger partial charge is 0.345 e. The number of carbonyl (C=O) groups is 4. The highest BCUT2D eigenvalue weighted by Gasteiger charge is 2.36. The minimum Gasteiger partial charge on any atom is -0.345 e. The minimum absolute atomic E-state index is 0.136. The molecule has 9 nitrogen and oxygen atoms in total. The fourth-order valence-corrected chi connectivity index (χ4v) is 3.77. The van der Waals surface area contributed by atoms with E-state index in [9.17, 15) is 19.2 Å². The number of aliphatic imine (C=N–C) groups is 1. The van der Waals surface area contributed by atoms with Crippen LogP contribution in [-0.4, -0.2) is 53.0 Å². The van der Waals surface area contributed by atoms with Gasteiger partial charge in [-0.05, 0) is 31.0 Å². The van der Waals surface area contributed by atoms with Crippen molar-refractivity contribution in [1.29, 1.82) is 0 Å². The molecular weight excluding hydrogens is 470 g/mol. The van der Waals surface area contributed by atoms with E-state index in [1.165, 1.54) is 4.90 Å². The van der Waals surface area contributed by atoms with Crippen LogP contribution in [-0.2, 0) is 19.2 Å². The van der Waals surface area contributed by atoms with E-state index in [0.717, 1.165) is 0 Å². The summed E-state index contributed by atoms with van der Waals surface area (Å²) in [7, 11) is 0. The quantitative estimate of drug-likeness (QED) is 0.572. The molecular formula is C28H35N5O4. The SMILES string of the molecule is CC(C)CC(=O)N[C@@H](C)C(=O)NC1N=C(c2ccccn2)c2ccccc2N(CC(=O)C(C)(C)C)C1=O. The average Bonchev–Trinajstić information content (AvgIpc) is 2.94. The zero-order valence-electron chi connectivity index (χ0n) is 22.2. The molecule has 37 heavy (non-hydrogen) atoms. The van der Waals surface area contributed by atoms with Crippen molar-refractivity contribution >= 4 is 34.9 Å². The molecule has 2 aromatic rings. The van der Waals surface area contributed by atoms with Gasteiger partial charge in [0.25, 0.3) is 5.91 Å². The molecule has 2 N–H and O–H groups in total. The summed E-state index contributed by atoms with van der Waals surface area (Å²) in [6.45, 7) is 10.6. The third kappa shape index (κ3) is 6.87. The van der Waals surface area contributed by atoms with Crippen LogP contribution in [0.25, 0.3) is 0 Å². The normalized spacial score (nSPS) is 16.4. The number of aromatic nitrogens is 1. The van der Waals surface area contributed by atoms with Crippen LogP contribution in [0.5, 0.6) is 0 Å². The van der Waals surface area contributed by atoms with Crippen LogP contribution >= 0.6 is 0 Å². The summed E-state index contributed by atoms with van der Waals surface area (Å²) in [5, 5.41) is 5.34. The molecule has 3 amide bonds. The average molecular weight is 506 g/mol. The molecule has 1 aromatic carbocycles. The predicted octanol–water partition coefficient (Wildman–Crippen LogP) is 2.87. The van der Waals surface area contributed by atoms with Crippen molar-refractivity contribution in [2.45, 2.75) is 60.2 Å². The smallest absolute Gasteiger partial charge is 0.272 e. The minimum atomic E-state index is -1.32. The van der Waals surface area contributed by atoms with Gasteiger partial charge in [0.1, 0.15) is 6.04 Å². The zero-order valence-corrected chi connectivity index (χ0v) is 22.2. The van der Waals surface area contributed by atoms with Gasteiger partial charge in [0.05, 0.1) is 23.6 Å². The van der Waals surface area contributed by atoms with E-state index in [0.29, 0.717) is 22.7 Å². The van der Waals surface area contributed by atoms with Gasteiger partial charge in [-0.15, -0.1) is 0 Å². The summed E-state index contributed by atoms with van der Waals surface area (Å²) in [5.41, 5.74) is 1.37. The number of ketones is 1. The van der Waals surface area contributed by atoms with Crippen LogP contribution < -0.4 is 15.5 Å². The van der Waals surface area contributed by atoms with Gasteiger partial charge in [0.15, 0.2) is 5.78 Å². The number of para-hydroxylation sites is 1. The molecule has 0 bridgehead atoms. The van der Waals surface area contributed by atoms with E-state index in [-0.39, 0.29) is 30.6 Å². The van der Waals surface area contributed by atoms with Crippen molar-refractivity contribution in [1.82, 2.24) is 15.6 Å². The monoisotopic (exact) mass is 505 g/mol. The molecule has 2 atom stereocenters. The maximum Gasteiger partial charge on any atom is 0.272 e. The van der Waals surface area contributed by atoms with Gasteiger partial charge in [-0.1, -0.05) is 58.9 Å². The zero-order chi connectivity index (χ0) is 27.3. The van der Waals surface area contributed by atoms with Gasteiger partial charge in [-0.25, -0.2) is 4.99 Å². The van der Waals surface area contributed by atoms with Crippen LogP contribution in [0.2, 0.25) is 0 Å². The second kappa shape index (κ2) is 11.5. The van der Waals surface area contributed by atoms with Crippen molar-refractivity contribution in [3.05, 3.63) is 59.9 Å². The summed E-state index contributed by atoms with van der Waals surface area (Å²) in [6.07, 6.45) is 0.572. The molecule has 0 radical (unpaired) electrons. The molecule has 0 aliphatic carbocycles. The number of anilines is 1. The molecule has 0 saturated carbocycles. The number of amides is 3. The van der Waals surface area contributed by atoms with Crippen LogP contribution in [0.15, 0.2) is 53.7 Å². The predicted molar refractivity (Wildman–Crippen MR) is 142 cm³/mol. The van der Waals surface area contributed by atoms with Crippen molar-refractivity contribution in [3.63, 3.8) is 0 Å². The van der Waals surface area contributed by atoms with Gasteiger partial charge in [0, 0.05) is 23.6 Å². The van der Waals surface area contributed by atoms with Crippen molar-refractivity contribution in [2.75, 3.05) is 11.4 Å². The second-order valence-electron chi connectivity index (χ2n) is 10.6. The lowest BCUT2D eigenvalue weighted by Gasteiger charge is -2.28. The topological polar surface area (TPSA) is 121 Å². The number of Topliss-reactive ketones (excluding diaryl/α,β-unsaturated/α-hetero) is 1. The third-order valence-corrected chi connectivity index (χ3v) is 5.90. The van der Waals surface area contributed by atoms with E-state index in [4.69, 9.17) is 0 Å². The molecule has 196 valence electrons. The molecule has 9 heteroatoms. The number of nitrogens with one attached hydrogen (secondary N) is 2. The second-order valence-corrected chi connectivity index (χ2v) is 10.6. The number of hydrogen-bond donors (Lipinski definition) is 2. The lowest BCUT2D eigenvalue weighted by molar-refractivity contribution is -0.131. The Morgan fingerprint density at radius 3 is 2.32 bits per heavy atom. The fraction of sp³-hybridized carbons (Fsp3) is 0.429. The number of hydrogen-bond acceptors (Lipinski definition) is 6. The standard InChI is InChI=1S/C28H35N5O4/c1-17(2)15-23(35)30-18(3)26(36)32-25-27(37)33(16-22(34)28(4,5)6)21-13-8-7-11-19(21)24(31-25)20-12-9-10-14-29-20/h7-14,17-18,25H,15-16H2,1-6H3,(H,30,35)(H,32,36)/t18-,25?/m0/s1. The van der Waals surface area contributed by atoms with Crippen LogP contribution in [0.4, 0.5) is 5.69 Å². The number of rotatable bonds is 8. The number of carbonyl (C=O) groups excluding carboxylic acids is 4. The molecule has 0 saturated heterocycles. The number of fused-ring (bicyclic) bond motifs is 1. The van der Waals surface area contributed by atoms with Gasteiger partial charge < -0.3 is 15.5 Å². The van der Waals surface area contributed by atoms with Crippen molar-refractivity contribution in [2.24, 2.45) is 16.3 Å². The molecule has 1 aliphatic heterocycles. The molecule has 1 aliphatic rings. The summed E-state index contributed by atoms with van der Waals surface area (Å²) in [6, 6.07) is 11.6.